The second kappa shape index (κ2) is 6.56. The number of hydrogen-bond donors (Lipinski definition) is 1. The molecular formula is C20H20N2O2S. The van der Waals surface area contributed by atoms with Crippen LogP contribution in [-0.2, 0) is 21.0 Å². The SMILES string of the molecule is O=C(NCc1ccccc1)[C@@H]1CS[C@]2(c3ccccc3)CCC(=O)N12. The van der Waals surface area contributed by atoms with Gasteiger partial charge in [-0.25, -0.2) is 0 Å². The van der Waals surface area contributed by atoms with Gasteiger partial charge in [0.1, 0.15) is 10.9 Å². The molecule has 2 aliphatic heterocycles. The molecule has 0 radical (unpaired) electrons. The number of nitrogens with zero attached hydrogens (tertiary/aromatic N) is 1. The van der Waals surface area contributed by atoms with Gasteiger partial charge in [0.15, 0.2) is 0 Å². The molecule has 2 saturated heterocycles. The summed E-state index contributed by atoms with van der Waals surface area (Å²) < 4.78 is 0. The Morgan fingerprint density at radius 3 is 2.52 bits per heavy atom. The molecular weight excluding hydrogens is 332 g/mol. The molecule has 2 aliphatic rings. The molecule has 2 fully saturated rings. The first-order valence-corrected chi connectivity index (χ1v) is 9.52. The van der Waals surface area contributed by atoms with Gasteiger partial charge in [-0.1, -0.05) is 60.7 Å². The van der Waals surface area contributed by atoms with Gasteiger partial charge in [-0.3, -0.25) is 9.59 Å². The van der Waals surface area contributed by atoms with Crippen molar-refractivity contribution >= 4 is 23.6 Å². The first-order chi connectivity index (χ1) is 12.2. The van der Waals surface area contributed by atoms with Crippen molar-refractivity contribution in [1.82, 2.24) is 10.2 Å². The van der Waals surface area contributed by atoms with E-state index in [9.17, 15) is 9.59 Å². The Labute approximate surface area is 151 Å². The minimum Gasteiger partial charge on any atom is -0.350 e. The van der Waals surface area contributed by atoms with Gasteiger partial charge in [0.25, 0.3) is 0 Å². The highest BCUT2D eigenvalue weighted by molar-refractivity contribution is 8.00. The first-order valence-electron chi connectivity index (χ1n) is 8.54. The molecule has 128 valence electrons. The number of nitrogens with one attached hydrogen (secondary N) is 1. The largest absolute Gasteiger partial charge is 0.350 e. The molecule has 0 aromatic heterocycles. The molecule has 2 aromatic carbocycles. The molecule has 0 aliphatic carbocycles. The molecule has 2 atom stereocenters. The first kappa shape index (κ1) is 16.2. The standard InChI is InChI=1S/C20H20N2O2S/c23-18-11-12-20(16-9-5-2-6-10-16)22(18)17(14-25-20)19(24)21-13-15-7-3-1-4-8-15/h1-10,17H,11-14H2,(H,21,24)/t17-,20-/m0/s1. The van der Waals surface area contributed by atoms with Gasteiger partial charge in [-0.05, 0) is 17.5 Å². The summed E-state index contributed by atoms with van der Waals surface area (Å²) in [5, 5.41) is 3.00. The molecule has 4 nitrogen and oxygen atoms in total. The third-order valence-electron chi connectivity index (χ3n) is 4.96. The van der Waals surface area contributed by atoms with Crippen molar-refractivity contribution < 1.29 is 9.59 Å². The van der Waals surface area contributed by atoms with E-state index in [1.54, 1.807) is 11.8 Å². The number of carbonyl (C=O) groups is 2. The lowest BCUT2D eigenvalue weighted by atomic mass is 10.0. The van der Waals surface area contributed by atoms with Crippen molar-refractivity contribution in [2.75, 3.05) is 5.75 Å². The second-order valence-corrected chi connectivity index (χ2v) is 7.74. The minimum absolute atomic E-state index is 0.0654. The topological polar surface area (TPSA) is 49.4 Å². The maximum atomic E-state index is 12.8. The van der Waals surface area contributed by atoms with Crippen LogP contribution in [-0.4, -0.2) is 28.5 Å². The minimum atomic E-state index is -0.399. The van der Waals surface area contributed by atoms with Crippen LogP contribution in [0.1, 0.15) is 24.0 Å². The fourth-order valence-corrected chi connectivity index (χ4v) is 5.39. The molecule has 0 unspecified atom stereocenters. The summed E-state index contributed by atoms with van der Waals surface area (Å²) in [6, 6.07) is 19.5. The van der Waals surface area contributed by atoms with E-state index < -0.39 is 6.04 Å². The van der Waals surface area contributed by atoms with Crippen LogP contribution in [0.15, 0.2) is 60.7 Å². The summed E-state index contributed by atoms with van der Waals surface area (Å²) in [6.45, 7) is 0.487. The average molecular weight is 352 g/mol. The highest BCUT2D eigenvalue weighted by Gasteiger charge is 2.56. The van der Waals surface area contributed by atoms with E-state index >= 15 is 0 Å². The molecule has 2 heterocycles. The highest BCUT2D eigenvalue weighted by atomic mass is 32.2. The second-order valence-electron chi connectivity index (χ2n) is 6.44. The van der Waals surface area contributed by atoms with E-state index in [0.717, 1.165) is 17.5 Å². The van der Waals surface area contributed by atoms with Gasteiger partial charge in [0.2, 0.25) is 11.8 Å². The Hall–Kier alpha value is -2.27. The van der Waals surface area contributed by atoms with Gasteiger partial charge >= 0.3 is 0 Å². The molecule has 1 N–H and O–H groups in total. The fourth-order valence-electron chi connectivity index (χ4n) is 3.74. The van der Waals surface area contributed by atoms with Crippen molar-refractivity contribution in [2.45, 2.75) is 30.3 Å². The van der Waals surface area contributed by atoms with Crippen LogP contribution in [0.2, 0.25) is 0 Å². The van der Waals surface area contributed by atoms with Gasteiger partial charge in [-0.2, -0.15) is 0 Å². The van der Waals surface area contributed by atoms with Gasteiger partial charge < -0.3 is 10.2 Å². The summed E-state index contributed by atoms with van der Waals surface area (Å²) >= 11 is 1.72. The van der Waals surface area contributed by atoms with E-state index in [1.807, 2.05) is 53.4 Å². The summed E-state index contributed by atoms with van der Waals surface area (Å²) in [4.78, 5) is 26.8. The quantitative estimate of drug-likeness (QED) is 0.920. The van der Waals surface area contributed by atoms with Crippen LogP contribution in [0.25, 0.3) is 0 Å². The molecule has 0 bridgehead atoms. The summed E-state index contributed by atoms with van der Waals surface area (Å²) in [6.07, 6.45) is 1.27. The van der Waals surface area contributed by atoms with E-state index in [2.05, 4.69) is 17.4 Å². The maximum Gasteiger partial charge on any atom is 0.244 e. The monoisotopic (exact) mass is 352 g/mol. The van der Waals surface area contributed by atoms with Crippen molar-refractivity contribution in [3.63, 3.8) is 0 Å². The van der Waals surface area contributed by atoms with E-state index in [4.69, 9.17) is 0 Å². The van der Waals surface area contributed by atoms with Crippen LogP contribution in [0, 0.1) is 0 Å². The average Bonchev–Trinajstić information content (AvgIpc) is 3.21. The van der Waals surface area contributed by atoms with Crippen LogP contribution in [0.3, 0.4) is 0 Å². The molecule has 4 rings (SSSR count). The van der Waals surface area contributed by atoms with Gasteiger partial charge in [-0.15, -0.1) is 11.8 Å². The Morgan fingerprint density at radius 2 is 1.80 bits per heavy atom. The summed E-state index contributed by atoms with van der Waals surface area (Å²) in [7, 11) is 0. The lowest BCUT2D eigenvalue weighted by Gasteiger charge is -2.34. The Morgan fingerprint density at radius 1 is 1.12 bits per heavy atom. The lowest BCUT2D eigenvalue weighted by Crippen LogP contribution is -2.49. The van der Waals surface area contributed by atoms with E-state index in [0.29, 0.717) is 18.7 Å². The molecule has 5 heteroatoms. The Kier molecular flexibility index (Phi) is 4.25. The zero-order chi connectivity index (χ0) is 17.3. The van der Waals surface area contributed by atoms with E-state index in [-0.39, 0.29) is 16.7 Å². The van der Waals surface area contributed by atoms with Crippen LogP contribution < -0.4 is 5.32 Å². The number of benzene rings is 2. The predicted molar refractivity (Wildman–Crippen MR) is 98.7 cm³/mol. The number of rotatable bonds is 4. The smallest absolute Gasteiger partial charge is 0.244 e. The molecule has 0 spiro atoms. The number of amides is 2. The molecule has 2 amide bonds. The number of fused-ring (bicyclic) bond motifs is 1. The molecule has 0 saturated carbocycles. The van der Waals surface area contributed by atoms with Crippen molar-refractivity contribution in [3.05, 3.63) is 71.8 Å². The Bertz CT molecular complexity index is 781. The number of hydrogen-bond acceptors (Lipinski definition) is 3. The fraction of sp³-hybridized carbons (Fsp3) is 0.300. The third-order valence-corrected chi connectivity index (χ3v) is 6.56. The molecule has 25 heavy (non-hydrogen) atoms. The van der Waals surface area contributed by atoms with Crippen molar-refractivity contribution in [2.24, 2.45) is 0 Å². The van der Waals surface area contributed by atoms with Crippen LogP contribution in [0.5, 0.6) is 0 Å². The summed E-state index contributed by atoms with van der Waals surface area (Å²) in [5.41, 5.74) is 2.17. The molecule has 2 aromatic rings. The highest BCUT2D eigenvalue weighted by Crippen LogP contribution is 2.54. The summed E-state index contributed by atoms with van der Waals surface area (Å²) in [5.74, 6) is 0.652. The third kappa shape index (κ3) is 2.82. The number of carbonyl (C=O) groups excluding carboxylic acids is 2. The normalized spacial score (nSPS) is 25.0. The van der Waals surface area contributed by atoms with E-state index in [1.165, 1.54) is 0 Å². The predicted octanol–water partition coefficient (Wildman–Crippen LogP) is 2.89. The van der Waals surface area contributed by atoms with Gasteiger partial charge in [0.05, 0.1) is 0 Å². The maximum absolute atomic E-state index is 12.8. The van der Waals surface area contributed by atoms with Crippen LogP contribution >= 0.6 is 11.8 Å². The van der Waals surface area contributed by atoms with Crippen molar-refractivity contribution in [1.29, 1.82) is 0 Å². The zero-order valence-corrected chi connectivity index (χ0v) is 14.7. The Balaban J connectivity index is 1.54. The number of thioether (sulfide) groups is 1. The van der Waals surface area contributed by atoms with Gasteiger partial charge in [0, 0.05) is 18.7 Å². The van der Waals surface area contributed by atoms with Crippen LogP contribution in [0.4, 0.5) is 0 Å². The lowest BCUT2D eigenvalue weighted by molar-refractivity contribution is -0.138. The van der Waals surface area contributed by atoms with Crippen molar-refractivity contribution in [3.8, 4) is 0 Å². The zero-order valence-electron chi connectivity index (χ0n) is 13.9.